The predicted molar refractivity (Wildman–Crippen MR) is 145 cm³/mol. The summed E-state index contributed by atoms with van der Waals surface area (Å²) in [5.74, 6) is 0.00493. The first-order valence-electron chi connectivity index (χ1n) is 12.6. The van der Waals surface area contributed by atoms with Gasteiger partial charge in [-0.1, -0.05) is 72.8 Å². The van der Waals surface area contributed by atoms with E-state index in [1.807, 2.05) is 99.6 Å². The van der Waals surface area contributed by atoms with Crippen molar-refractivity contribution < 1.29 is 9.59 Å². The average Bonchev–Trinajstić information content (AvgIpc) is 2.91. The molecule has 3 aromatic carbocycles. The van der Waals surface area contributed by atoms with Gasteiger partial charge < -0.3 is 10.6 Å². The van der Waals surface area contributed by atoms with Crippen molar-refractivity contribution >= 4 is 17.5 Å². The number of piperazine rings is 1. The largest absolute Gasteiger partial charge is 0.344 e. The first-order valence-corrected chi connectivity index (χ1v) is 12.6. The molecule has 6 nitrogen and oxygen atoms in total. The van der Waals surface area contributed by atoms with Crippen LogP contribution in [-0.4, -0.2) is 60.4 Å². The molecule has 1 saturated heterocycles. The molecule has 0 aliphatic carbocycles. The van der Waals surface area contributed by atoms with Crippen molar-refractivity contribution in [1.82, 2.24) is 15.1 Å². The van der Waals surface area contributed by atoms with Crippen molar-refractivity contribution in [2.45, 2.75) is 32.9 Å². The van der Waals surface area contributed by atoms with E-state index in [4.69, 9.17) is 0 Å². The zero-order valence-corrected chi connectivity index (χ0v) is 21.4. The number of carbonyl (C=O) groups excluding carboxylic acids is 2. The number of anilines is 1. The van der Waals surface area contributed by atoms with Gasteiger partial charge in [0.05, 0.1) is 18.6 Å². The van der Waals surface area contributed by atoms with E-state index in [-0.39, 0.29) is 23.9 Å². The Bertz CT molecular complexity index is 1120. The Morgan fingerprint density at radius 2 is 1.39 bits per heavy atom. The monoisotopic (exact) mass is 484 g/mol. The Balaban J connectivity index is 1.31. The maximum atomic E-state index is 13.3. The molecular formula is C30H36N4O2. The second-order valence-corrected chi connectivity index (χ2v) is 9.55. The highest BCUT2D eigenvalue weighted by molar-refractivity contribution is 5.93. The highest BCUT2D eigenvalue weighted by atomic mass is 16.2. The molecule has 6 heteroatoms. The maximum absolute atomic E-state index is 13.3. The van der Waals surface area contributed by atoms with Gasteiger partial charge in [-0.05, 0) is 49.1 Å². The number of aryl methyl sites for hydroxylation is 1. The summed E-state index contributed by atoms with van der Waals surface area (Å²) in [6, 6.07) is 25.6. The molecule has 0 bridgehead atoms. The molecule has 3 aromatic rings. The van der Waals surface area contributed by atoms with Gasteiger partial charge in [0.2, 0.25) is 11.8 Å². The van der Waals surface area contributed by atoms with Crippen molar-refractivity contribution in [2.24, 2.45) is 0 Å². The third-order valence-electron chi connectivity index (χ3n) is 7.13. The van der Waals surface area contributed by atoms with E-state index < -0.39 is 0 Å². The number of rotatable bonds is 8. The number of nitrogens with one attached hydrogen (secondary N) is 2. The molecular weight excluding hydrogens is 448 g/mol. The second kappa shape index (κ2) is 12.0. The summed E-state index contributed by atoms with van der Waals surface area (Å²) < 4.78 is 0. The smallest absolute Gasteiger partial charge is 0.238 e. The molecule has 36 heavy (non-hydrogen) atoms. The Kier molecular flexibility index (Phi) is 8.52. The molecule has 2 amide bonds. The lowest BCUT2D eigenvalue weighted by Crippen LogP contribution is -2.55. The zero-order valence-electron chi connectivity index (χ0n) is 21.4. The predicted octanol–water partition coefficient (Wildman–Crippen LogP) is 4.15. The van der Waals surface area contributed by atoms with E-state index in [9.17, 15) is 9.59 Å². The lowest BCUT2D eigenvalue weighted by atomic mass is 9.98. The summed E-state index contributed by atoms with van der Waals surface area (Å²) in [5.41, 5.74) is 5.25. The second-order valence-electron chi connectivity index (χ2n) is 9.55. The van der Waals surface area contributed by atoms with Crippen LogP contribution in [0.5, 0.6) is 0 Å². The van der Waals surface area contributed by atoms with Gasteiger partial charge in [-0.2, -0.15) is 0 Å². The van der Waals surface area contributed by atoms with Crippen LogP contribution in [0.15, 0.2) is 78.9 Å². The highest BCUT2D eigenvalue weighted by Gasteiger charge is 2.28. The number of benzene rings is 3. The van der Waals surface area contributed by atoms with E-state index in [1.165, 1.54) is 0 Å². The Morgan fingerprint density at radius 3 is 1.97 bits per heavy atom. The fraction of sp³-hybridized carbons (Fsp3) is 0.333. The Labute approximate surface area is 214 Å². The summed E-state index contributed by atoms with van der Waals surface area (Å²) in [4.78, 5) is 30.3. The van der Waals surface area contributed by atoms with Gasteiger partial charge in [0.25, 0.3) is 0 Å². The molecule has 1 unspecified atom stereocenters. The minimum Gasteiger partial charge on any atom is -0.344 e. The van der Waals surface area contributed by atoms with Gasteiger partial charge in [-0.15, -0.1) is 0 Å². The molecule has 1 fully saturated rings. The van der Waals surface area contributed by atoms with Crippen LogP contribution in [-0.2, 0) is 9.59 Å². The van der Waals surface area contributed by atoms with Crippen LogP contribution in [0.25, 0.3) is 0 Å². The summed E-state index contributed by atoms with van der Waals surface area (Å²) in [6.07, 6.45) is 0. The van der Waals surface area contributed by atoms with Crippen molar-refractivity contribution in [3.05, 3.63) is 101 Å². The third kappa shape index (κ3) is 6.39. The molecule has 1 aliphatic rings. The zero-order chi connectivity index (χ0) is 25.5. The molecule has 0 saturated carbocycles. The molecule has 2 N–H and O–H groups in total. The van der Waals surface area contributed by atoms with Gasteiger partial charge >= 0.3 is 0 Å². The van der Waals surface area contributed by atoms with Gasteiger partial charge in [-0.3, -0.25) is 19.4 Å². The molecule has 0 radical (unpaired) electrons. The topological polar surface area (TPSA) is 64.7 Å². The van der Waals surface area contributed by atoms with Gasteiger partial charge in [0.15, 0.2) is 0 Å². The lowest BCUT2D eigenvalue weighted by Gasteiger charge is -2.37. The first-order chi connectivity index (χ1) is 17.4. The van der Waals surface area contributed by atoms with Crippen molar-refractivity contribution in [3.8, 4) is 0 Å². The quantitative estimate of drug-likeness (QED) is 0.504. The summed E-state index contributed by atoms with van der Waals surface area (Å²) in [7, 11) is 0. The van der Waals surface area contributed by atoms with Crippen LogP contribution in [0, 0.1) is 13.8 Å². The minimum absolute atomic E-state index is 0.00324. The summed E-state index contributed by atoms with van der Waals surface area (Å²) in [5, 5.41) is 6.31. The Hall–Kier alpha value is -3.48. The Morgan fingerprint density at radius 1 is 0.806 bits per heavy atom. The number of amides is 2. The molecule has 1 aliphatic heterocycles. The van der Waals surface area contributed by atoms with E-state index in [2.05, 4.69) is 20.4 Å². The van der Waals surface area contributed by atoms with Crippen molar-refractivity contribution in [1.29, 1.82) is 0 Å². The number of hydrogen-bond acceptors (Lipinski definition) is 4. The van der Waals surface area contributed by atoms with Crippen LogP contribution in [0.3, 0.4) is 0 Å². The number of nitrogens with zero attached hydrogens (tertiary/aromatic N) is 2. The number of carbonyl (C=O) groups is 2. The summed E-state index contributed by atoms with van der Waals surface area (Å²) >= 11 is 0. The molecule has 1 heterocycles. The van der Waals surface area contributed by atoms with Gasteiger partial charge in [0.1, 0.15) is 0 Å². The molecule has 0 aromatic heterocycles. The average molecular weight is 485 g/mol. The fourth-order valence-electron chi connectivity index (χ4n) is 4.67. The first kappa shape index (κ1) is 25.6. The van der Waals surface area contributed by atoms with Crippen molar-refractivity contribution in [3.63, 3.8) is 0 Å². The molecule has 188 valence electrons. The van der Waals surface area contributed by atoms with Gasteiger partial charge in [0, 0.05) is 31.9 Å². The SMILES string of the molecule is Cc1cccc(NC(=O)CN2CCN(C(C)C(=O)NC(c3ccccc3)c3ccccc3)CC2)c1C. The normalized spacial score (nSPS) is 15.4. The van der Waals surface area contributed by atoms with E-state index in [0.717, 1.165) is 54.1 Å². The lowest BCUT2D eigenvalue weighted by molar-refractivity contribution is -0.127. The van der Waals surface area contributed by atoms with Crippen LogP contribution in [0.1, 0.15) is 35.2 Å². The standard InChI is InChI=1S/C30H36N4O2/c1-22-11-10-16-27(23(22)2)31-28(35)21-33-17-19-34(20-18-33)24(3)30(36)32-29(25-12-6-4-7-13-25)26-14-8-5-9-15-26/h4-16,24,29H,17-21H2,1-3H3,(H,31,35)(H,32,36). The molecule has 0 spiro atoms. The highest BCUT2D eigenvalue weighted by Crippen LogP contribution is 2.22. The van der Waals surface area contributed by atoms with Crippen molar-refractivity contribution in [2.75, 3.05) is 38.0 Å². The van der Waals surface area contributed by atoms with Crippen LogP contribution in [0.4, 0.5) is 5.69 Å². The van der Waals surface area contributed by atoms with Crippen LogP contribution >= 0.6 is 0 Å². The van der Waals surface area contributed by atoms with Crippen LogP contribution in [0.2, 0.25) is 0 Å². The molecule has 4 rings (SSSR count). The minimum atomic E-state index is -0.258. The van der Waals surface area contributed by atoms with Crippen LogP contribution < -0.4 is 10.6 Å². The maximum Gasteiger partial charge on any atom is 0.238 e. The van der Waals surface area contributed by atoms with Gasteiger partial charge in [-0.25, -0.2) is 0 Å². The number of hydrogen-bond donors (Lipinski definition) is 2. The van der Waals surface area contributed by atoms with E-state index in [0.29, 0.717) is 6.54 Å². The fourth-order valence-corrected chi connectivity index (χ4v) is 4.67. The summed E-state index contributed by atoms with van der Waals surface area (Å²) in [6.45, 7) is 9.37. The third-order valence-corrected chi connectivity index (χ3v) is 7.13. The molecule has 1 atom stereocenters. The van der Waals surface area contributed by atoms with E-state index in [1.54, 1.807) is 0 Å². The van der Waals surface area contributed by atoms with E-state index >= 15 is 0 Å².